The molecule has 0 aliphatic heterocycles. The molecule has 128 valence electrons. The molecule has 4 nitrogen and oxygen atoms in total. The molecule has 2 aromatic carbocycles. The zero-order valence-corrected chi connectivity index (χ0v) is 15.2. The summed E-state index contributed by atoms with van der Waals surface area (Å²) in [5, 5.41) is 3.56. The van der Waals surface area contributed by atoms with Gasteiger partial charge in [-0.3, -0.25) is 4.79 Å². The van der Waals surface area contributed by atoms with Gasteiger partial charge in [0.2, 0.25) is 5.91 Å². The number of thioether (sulfide) groups is 1. The summed E-state index contributed by atoms with van der Waals surface area (Å²) in [5.74, 6) is -0.0249. The Morgan fingerprint density at radius 3 is 2.60 bits per heavy atom. The maximum absolute atomic E-state index is 12.4. The van der Waals surface area contributed by atoms with Crippen molar-refractivity contribution >= 4 is 23.4 Å². The van der Waals surface area contributed by atoms with Crippen molar-refractivity contribution in [2.75, 3.05) is 5.32 Å². The number of aromatic nitrogens is 2. The number of rotatable bonds is 6. The minimum absolute atomic E-state index is 0.0249. The highest BCUT2D eigenvalue weighted by molar-refractivity contribution is 8.00. The molecule has 0 aliphatic carbocycles. The molecule has 3 rings (SSSR count). The van der Waals surface area contributed by atoms with Crippen LogP contribution >= 0.6 is 11.8 Å². The number of amides is 1. The Kier molecular flexibility index (Phi) is 5.56. The quantitative estimate of drug-likeness (QED) is 0.671. The van der Waals surface area contributed by atoms with Crippen LogP contribution in [0.3, 0.4) is 0 Å². The van der Waals surface area contributed by atoms with Crippen LogP contribution in [0.25, 0.3) is 0 Å². The summed E-state index contributed by atoms with van der Waals surface area (Å²) in [5.41, 5.74) is 3.19. The maximum atomic E-state index is 12.4. The lowest BCUT2D eigenvalue weighted by Gasteiger charge is -2.13. The largest absolute Gasteiger partial charge is 0.325 e. The Labute approximate surface area is 152 Å². The first-order valence-corrected chi connectivity index (χ1v) is 9.09. The number of nitrogens with zero attached hydrogens (tertiary/aromatic N) is 2. The molecular formula is C20H21N3OS. The number of carbonyl (C=O) groups excluding carboxylic acids is 1. The standard InChI is InChI=1S/C20H21N3OS/c1-15-8-10-18(11-9-15)22-19(24)16(2)25-20-21-12-13-23(20)14-17-6-4-3-5-7-17/h3-13,16H,14H2,1-2H3,(H,22,24). The first kappa shape index (κ1) is 17.3. The molecular weight excluding hydrogens is 330 g/mol. The molecule has 3 aromatic rings. The van der Waals surface area contributed by atoms with Crippen LogP contribution in [0.1, 0.15) is 18.1 Å². The maximum Gasteiger partial charge on any atom is 0.237 e. The van der Waals surface area contributed by atoms with Gasteiger partial charge in [-0.25, -0.2) is 4.98 Å². The van der Waals surface area contributed by atoms with E-state index in [9.17, 15) is 4.79 Å². The van der Waals surface area contributed by atoms with Crippen molar-refractivity contribution in [3.8, 4) is 0 Å². The Morgan fingerprint density at radius 1 is 1.16 bits per heavy atom. The molecule has 1 heterocycles. The average Bonchev–Trinajstić information content (AvgIpc) is 3.04. The molecule has 1 unspecified atom stereocenters. The Morgan fingerprint density at radius 2 is 1.88 bits per heavy atom. The van der Waals surface area contributed by atoms with Gasteiger partial charge >= 0.3 is 0 Å². The molecule has 1 aromatic heterocycles. The third-order valence-electron chi connectivity index (χ3n) is 3.84. The molecule has 1 atom stereocenters. The lowest BCUT2D eigenvalue weighted by Crippen LogP contribution is -2.22. The summed E-state index contributed by atoms with van der Waals surface area (Å²) in [4.78, 5) is 16.8. The number of nitrogens with one attached hydrogen (secondary N) is 1. The van der Waals surface area contributed by atoms with Gasteiger partial charge in [-0.2, -0.15) is 0 Å². The fourth-order valence-corrected chi connectivity index (χ4v) is 3.27. The van der Waals surface area contributed by atoms with Gasteiger partial charge in [-0.05, 0) is 31.5 Å². The van der Waals surface area contributed by atoms with Gasteiger partial charge in [0.1, 0.15) is 0 Å². The van der Waals surface area contributed by atoms with Gasteiger partial charge < -0.3 is 9.88 Å². The van der Waals surface area contributed by atoms with E-state index in [0.29, 0.717) is 0 Å². The van der Waals surface area contributed by atoms with E-state index in [4.69, 9.17) is 0 Å². The summed E-state index contributed by atoms with van der Waals surface area (Å²) in [6.07, 6.45) is 3.72. The number of aryl methyl sites for hydroxylation is 1. The molecule has 0 aliphatic rings. The van der Waals surface area contributed by atoms with Crippen molar-refractivity contribution in [1.82, 2.24) is 9.55 Å². The number of hydrogen-bond acceptors (Lipinski definition) is 3. The summed E-state index contributed by atoms with van der Waals surface area (Å²) >= 11 is 1.47. The fourth-order valence-electron chi connectivity index (χ4n) is 2.41. The summed E-state index contributed by atoms with van der Waals surface area (Å²) < 4.78 is 2.07. The van der Waals surface area contributed by atoms with E-state index in [2.05, 4.69) is 27.0 Å². The predicted molar refractivity (Wildman–Crippen MR) is 103 cm³/mol. The fraction of sp³-hybridized carbons (Fsp3) is 0.200. The minimum atomic E-state index is -0.238. The van der Waals surface area contributed by atoms with Crippen LogP contribution in [-0.4, -0.2) is 20.7 Å². The van der Waals surface area contributed by atoms with Gasteiger partial charge in [0.05, 0.1) is 5.25 Å². The predicted octanol–water partition coefficient (Wildman–Crippen LogP) is 4.36. The van der Waals surface area contributed by atoms with Crippen molar-refractivity contribution in [2.45, 2.75) is 30.8 Å². The first-order chi connectivity index (χ1) is 12.1. The highest BCUT2D eigenvalue weighted by Gasteiger charge is 2.17. The monoisotopic (exact) mass is 351 g/mol. The molecule has 0 bridgehead atoms. The Bertz CT molecular complexity index is 828. The summed E-state index contributed by atoms with van der Waals surface area (Å²) in [7, 11) is 0. The van der Waals surface area contributed by atoms with E-state index in [1.807, 2.05) is 62.5 Å². The second-order valence-corrected chi connectivity index (χ2v) is 7.25. The topological polar surface area (TPSA) is 46.9 Å². The van der Waals surface area contributed by atoms with Gasteiger partial charge in [0, 0.05) is 24.6 Å². The van der Waals surface area contributed by atoms with Gasteiger partial charge in [-0.1, -0.05) is 59.8 Å². The highest BCUT2D eigenvalue weighted by Crippen LogP contribution is 2.23. The summed E-state index contributed by atoms with van der Waals surface area (Å²) in [6.45, 7) is 4.67. The number of imidazole rings is 1. The molecule has 1 N–H and O–H groups in total. The average molecular weight is 351 g/mol. The first-order valence-electron chi connectivity index (χ1n) is 8.21. The minimum Gasteiger partial charge on any atom is -0.325 e. The van der Waals surface area contributed by atoms with Crippen molar-refractivity contribution in [3.63, 3.8) is 0 Å². The van der Waals surface area contributed by atoms with E-state index in [1.165, 1.54) is 22.9 Å². The lowest BCUT2D eigenvalue weighted by molar-refractivity contribution is -0.115. The molecule has 0 radical (unpaired) electrons. The molecule has 0 spiro atoms. The second kappa shape index (κ2) is 8.03. The molecule has 25 heavy (non-hydrogen) atoms. The van der Waals surface area contributed by atoms with Crippen LogP contribution in [0.15, 0.2) is 72.1 Å². The van der Waals surface area contributed by atoms with E-state index in [1.54, 1.807) is 6.20 Å². The highest BCUT2D eigenvalue weighted by atomic mass is 32.2. The number of carbonyl (C=O) groups is 1. The van der Waals surface area contributed by atoms with Crippen LogP contribution in [0.5, 0.6) is 0 Å². The molecule has 0 fully saturated rings. The van der Waals surface area contributed by atoms with E-state index in [-0.39, 0.29) is 11.2 Å². The molecule has 5 heteroatoms. The number of hydrogen-bond donors (Lipinski definition) is 1. The van der Waals surface area contributed by atoms with E-state index >= 15 is 0 Å². The summed E-state index contributed by atoms with van der Waals surface area (Å²) in [6, 6.07) is 18.0. The van der Waals surface area contributed by atoms with Crippen molar-refractivity contribution < 1.29 is 4.79 Å². The third kappa shape index (κ3) is 4.73. The van der Waals surface area contributed by atoms with Crippen LogP contribution < -0.4 is 5.32 Å². The Hall–Kier alpha value is -2.53. The van der Waals surface area contributed by atoms with Gasteiger partial charge in [0.25, 0.3) is 0 Å². The third-order valence-corrected chi connectivity index (χ3v) is 4.96. The van der Waals surface area contributed by atoms with Crippen LogP contribution in [-0.2, 0) is 11.3 Å². The molecule has 1 amide bonds. The SMILES string of the molecule is Cc1ccc(NC(=O)C(C)Sc2nccn2Cc2ccccc2)cc1. The van der Waals surface area contributed by atoms with Gasteiger partial charge in [-0.15, -0.1) is 0 Å². The normalized spacial score (nSPS) is 11.9. The van der Waals surface area contributed by atoms with Crippen molar-refractivity contribution in [3.05, 3.63) is 78.1 Å². The zero-order chi connectivity index (χ0) is 17.6. The van der Waals surface area contributed by atoms with Crippen LogP contribution in [0.2, 0.25) is 0 Å². The van der Waals surface area contributed by atoms with Gasteiger partial charge in [0.15, 0.2) is 5.16 Å². The van der Waals surface area contributed by atoms with Crippen molar-refractivity contribution in [1.29, 1.82) is 0 Å². The number of anilines is 1. The number of benzene rings is 2. The second-order valence-electron chi connectivity index (χ2n) is 5.94. The smallest absolute Gasteiger partial charge is 0.237 e. The lowest BCUT2D eigenvalue weighted by atomic mass is 10.2. The Balaban J connectivity index is 1.63. The zero-order valence-electron chi connectivity index (χ0n) is 14.3. The van der Waals surface area contributed by atoms with Crippen LogP contribution in [0, 0.1) is 6.92 Å². The molecule has 0 saturated heterocycles. The van der Waals surface area contributed by atoms with E-state index < -0.39 is 0 Å². The molecule has 0 saturated carbocycles. The van der Waals surface area contributed by atoms with Crippen molar-refractivity contribution in [2.24, 2.45) is 0 Å². The van der Waals surface area contributed by atoms with E-state index in [0.717, 1.165) is 17.4 Å². The van der Waals surface area contributed by atoms with Crippen LogP contribution in [0.4, 0.5) is 5.69 Å².